The predicted octanol–water partition coefficient (Wildman–Crippen LogP) is 1.21. The molecular weight excluding hydrogens is 154 g/mol. The highest BCUT2D eigenvalue weighted by atomic mass is 28.2. The van der Waals surface area contributed by atoms with E-state index in [1.165, 1.54) is 0 Å². The van der Waals surface area contributed by atoms with Crippen molar-refractivity contribution in [1.82, 2.24) is 4.90 Å². The minimum atomic E-state index is -0.0135. The van der Waals surface area contributed by atoms with E-state index in [2.05, 4.69) is 43.3 Å². The lowest BCUT2D eigenvalue weighted by Crippen LogP contribution is -2.41. The molecule has 11 heavy (non-hydrogen) atoms. The zero-order chi connectivity index (χ0) is 8.91. The van der Waals surface area contributed by atoms with Gasteiger partial charge in [0.25, 0.3) is 0 Å². The molecule has 0 spiro atoms. The van der Waals surface area contributed by atoms with Gasteiger partial charge in [-0.25, -0.2) is 0 Å². The van der Waals surface area contributed by atoms with Crippen LogP contribution >= 0.6 is 0 Å². The number of hydrogen-bond donors (Lipinski definition) is 0. The summed E-state index contributed by atoms with van der Waals surface area (Å²) in [5.74, 6) is 0. The van der Waals surface area contributed by atoms with Crippen molar-refractivity contribution in [2.45, 2.75) is 32.3 Å². The van der Waals surface area contributed by atoms with E-state index in [4.69, 9.17) is 4.43 Å². The number of likely N-dealkylation sites (N-methyl/N-ethyl adjacent to an activating group) is 1. The molecule has 0 unspecified atom stereocenters. The second-order valence-electron chi connectivity index (χ2n) is 3.23. The summed E-state index contributed by atoms with van der Waals surface area (Å²) < 4.78 is 5.31. The fourth-order valence-corrected chi connectivity index (χ4v) is 1.58. The first-order chi connectivity index (χ1) is 5.10. The molecule has 0 aromatic carbocycles. The summed E-state index contributed by atoms with van der Waals surface area (Å²) in [6.45, 7) is 5.25. The van der Waals surface area contributed by atoms with Crippen LogP contribution in [0.5, 0.6) is 0 Å². The Bertz CT molecular complexity index is 94.0. The molecule has 0 amide bonds. The van der Waals surface area contributed by atoms with Crippen LogP contribution in [-0.4, -0.2) is 41.6 Å². The normalized spacial score (nSPS) is 12.5. The van der Waals surface area contributed by atoms with Gasteiger partial charge in [-0.1, -0.05) is 13.8 Å². The Balaban J connectivity index is 4.05. The van der Waals surface area contributed by atoms with Gasteiger partial charge in [0.1, 0.15) is 0 Å². The highest BCUT2D eigenvalue weighted by molar-refractivity contribution is 5.98. The summed E-state index contributed by atoms with van der Waals surface area (Å²) >= 11 is 0. The van der Waals surface area contributed by atoms with Crippen LogP contribution in [0.25, 0.3) is 0 Å². The van der Waals surface area contributed by atoms with Crippen molar-refractivity contribution in [2.24, 2.45) is 0 Å². The molecule has 3 radical (unpaired) electrons. The Morgan fingerprint density at radius 1 is 1.27 bits per heavy atom. The van der Waals surface area contributed by atoms with Gasteiger partial charge in [0.15, 0.2) is 0 Å². The third-order valence-corrected chi connectivity index (χ3v) is 2.54. The highest BCUT2D eigenvalue weighted by Gasteiger charge is 2.25. The van der Waals surface area contributed by atoms with Crippen molar-refractivity contribution in [3.05, 3.63) is 0 Å². The van der Waals surface area contributed by atoms with Crippen LogP contribution in [0.15, 0.2) is 0 Å². The molecule has 0 aromatic rings. The van der Waals surface area contributed by atoms with Crippen molar-refractivity contribution < 1.29 is 4.43 Å². The maximum atomic E-state index is 5.31. The summed E-state index contributed by atoms with van der Waals surface area (Å²) in [6, 6.07) is 0. The third-order valence-electron chi connectivity index (χ3n) is 2.11. The molecule has 65 valence electrons. The number of rotatable bonds is 5. The van der Waals surface area contributed by atoms with Gasteiger partial charge in [-0.2, -0.15) is 0 Å². The Labute approximate surface area is 73.5 Å². The van der Waals surface area contributed by atoms with E-state index >= 15 is 0 Å². The lowest BCUT2D eigenvalue weighted by atomic mass is 9.97. The molecule has 0 bridgehead atoms. The minimum Gasteiger partial charge on any atom is -0.412 e. The van der Waals surface area contributed by atoms with Gasteiger partial charge in [0.05, 0.1) is 5.60 Å². The zero-order valence-electron chi connectivity index (χ0n) is 7.98. The van der Waals surface area contributed by atoms with E-state index in [1.54, 1.807) is 0 Å². The fraction of sp³-hybridized carbons (Fsp3) is 1.00. The Kier molecular flexibility index (Phi) is 4.96. The Morgan fingerprint density at radius 3 is 1.82 bits per heavy atom. The molecule has 0 rings (SSSR count). The van der Waals surface area contributed by atoms with Gasteiger partial charge in [0.2, 0.25) is 10.5 Å². The van der Waals surface area contributed by atoms with Crippen LogP contribution in [0, 0.1) is 0 Å². The molecule has 0 aliphatic rings. The first-order valence-corrected chi connectivity index (χ1v) is 4.50. The second-order valence-corrected chi connectivity index (χ2v) is 3.43. The van der Waals surface area contributed by atoms with Crippen LogP contribution in [0.3, 0.4) is 0 Å². The summed E-state index contributed by atoms with van der Waals surface area (Å²) in [6.07, 6.45) is 2.07. The minimum absolute atomic E-state index is 0.0135. The molecule has 0 aromatic heterocycles. The van der Waals surface area contributed by atoms with E-state index in [-0.39, 0.29) is 5.60 Å². The zero-order valence-corrected chi connectivity index (χ0v) is 8.98. The summed E-state index contributed by atoms with van der Waals surface area (Å²) in [7, 11) is 7.26. The highest BCUT2D eigenvalue weighted by Crippen LogP contribution is 2.19. The largest absolute Gasteiger partial charge is 0.412 e. The number of hydrogen-bond acceptors (Lipinski definition) is 2. The molecule has 0 N–H and O–H groups in total. The molecule has 0 fully saturated rings. The lowest BCUT2D eigenvalue weighted by Gasteiger charge is -2.33. The second kappa shape index (κ2) is 4.90. The molecular formula is C8H18NOSi. The van der Waals surface area contributed by atoms with Gasteiger partial charge in [-0.3, -0.25) is 0 Å². The maximum Gasteiger partial charge on any atom is 0.247 e. The third kappa shape index (κ3) is 3.36. The Morgan fingerprint density at radius 2 is 1.73 bits per heavy atom. The van der Waals surface area contributed by atoms with Crippen molar-refractivity contribution in [2.75, 3.05) is 20.6 Å². The molecule has 3 heteroatoms. The van der Waals surface area contributed by atoms with Crippen LogP contribution < -0.4 is 0 Å². The van der Waals surface area contributed by atoms with E-state index in [0.29, 0.717) is 0 Å². The van der Waals surface area contributed by atoms with E-state index in [9.17, 15) is 0 Å². The van der Waals surface area contributed by atoms with Crippen molar-refractivity contribution in [3.8, 4) is 0 Å². The van der Waals surface area contributed by atoms with Gasteiger partial charge in [-0.05, 0) is 26.9 Å². The lowest BCUT2D eigenvalue weighted by molar-refractivity contribution is 0.0426. The van der Waals surface area contributed by atoms with Gasteiger partial charge < -0.3 is 9.33 Å². The monoisotopic (exact) mass is 172 g/mol. The molecule has 0 saturated heterocycles. The molecule has 0 aliphatic heterocycles. The fourth-order valence-electron chi connectivity index (χ4n) is 1.23. The summed E-state index contributed by atoms with van der Waals surface area (Å²) in [4.78, 5) is 2.15. The molecule has 0 saturated carbocycles. The topological polar surface area (TPSA) is 12.5 Å². The first-order valence-electron chi connectivity index (χ1n) is 4.09. The van der Waals surface area contributed by atoms with E-state index in [1.807, 2.05) is 0 Å². The standard InChI is InChI=1S/C8H18NOSi/c1-5-8(6-2,10-11)7-9(3)4/h5-7H2,1-4H3. The molecule has 0 aliphatic carbocycles. The SMILES string of the molecule is CCC(CC)(CN(C)C)O[Si]. The predicted molar refractivity (Wildman–Crippen MR) is 48.7 cm³/mol. The first kappa shape index (κ1) is 11.1. The molecule has 0 heterocycles. The van der Waals surface area contributed by atoms with Crippen molar-refractivity contribution in [1.29, 1.82) is 0 Å². The van der Waals surface area contributed by atoms with Gasteiger partial charge in [0, 0.05) is 6.54 Å². The quantitative estimate of drug-likeness (QED) is 0.578. The van der Waals surface area contributed by atoms with Gasteiger partial charge >= 0.3 is 0 Å². The van der Waals surface area contributed by atoms with Crippen LogP contribution in [-0.2, 0) is 4.43 Å². The van der Waals surface area contributed by atoms with Crippen LogP contribution in [0.1, 0.15) is 26.7 Å². The van der Waals surface area contributed by atoms with E-state index < -0.39 is 0 Å². The van der Waals surface area contributed by atoms with E-state index in [0.717, 1.165) is 19.4 Å². The smallest absolute Gasteiger partial charge is 0.247 e. The number of nitrogens with zero attached hydrogens (tertiary/aromatic N) is 1. The maximum absolute atomic E-state index is 5.31. The molecule has 0 atom stereocenters. The van der Waals surface area contributed by atoms with Crippen LogP contribution in [0.2, 0.25) is 0 Å². The summed E-state index contributed by atoms with van der Waals surface area (Å²) in [5, 5.41) is 0. The summed E-state index contributed by atoms with van der Waals surface area (Å²) in [5.41, 5.74) is -0.0135. The average molecular weight is 172 g/mol. The Hall–Kier alpha value is 0.137. The van der Waals surface area contributed by atoms with Crippen molar-refractivity contribution in [3.63, 3.8) is 0 Å². The van der Waals surface area contributed by atoms with Gasteiger partial charge in [-0.15, -0.1) is 0 Å². The van der Waals surface area contributed by atoms with Crippen molar-refractivity contribution >= 4 is 10.5 Å². The van der Waals surface area contributed by atoms with Crippen LogP contribution in [0.4, 0.5) is 0 Å². The average Bonchev–Trinajstić information content (AvgIpc) is 2.00. The molecule has 2 nitrogen and oxygen atoms in total.